The molecular weight excluding hydrogens is 238 g/mol. The van der Waals surface area contributed by atoms with Gasteiger partial charge in [-0.3, -0.25) is 4.68 Å². The second-order valence-corrected chi connectivity index (χ2v) is 5.24. The number of aliphatic hydroxyl groups is 1. The molecule has 1 atom stereocenters. The van der Waals surface area contributed by atoms with Gasteiger partial charge >= 0.3 is 0 Å². The van der Waals surface area contributed by atoms with Gasteiger partial charge in [-0.2, -0.15) is 10.4 Å². The van der Waals surface area contributed by atoms with Crippen LogP contribution in [0.5, 0.6) is 0 Å². The Morgan fingerprint density at radius 3 is 2.47 bits per heavy atom. The molecule has 2 aromatic rings. The van der Waals surface area contributed by atoms with Crippen LogP contribution in [0.1, 0.15) is 22.8 Å². The molecule has 0 radical (unpaired) electrons. The molecule has 1 aliphatic carbocycles. The minimum atomic E-state index is -0.807. The lowest BCUT2D eigenvalue weighted by Gasteiger charge is -2.26. The van der Waals surface area contributed by atoms with Crippen LogP contribution < -0.4 is 0 Å². The second-order valence-electron chi connectivity index (χ2n) is 5.24. The van der Waals surface area contributed by atoms with Crippen LogP contribution in [0.25, 0.3) is 0 Å². The summed E-state index contributed by atoms with van der Waals surface area (Å²) in [6, 6.07) is 10.4. The van der Waals surface area contributed by atoms with E-state index in [0.717, 1.165) is 11.1 Å². The molecule has 96 valence electrons. The van der Waals surface area contributed by atoms with Crippen molar-refractivity contribution in [3.05, 3.63) is 53.3 Å². The molecular formula is C15H15N3O. The zero-order valence-corrected chi connectivity index (χ0v) is 10.7. The number of aromatic nitrogens is 2. The zero-order valence-electron chi connectivity index (χ0n) is 10.7. The van der Waals surface area contributed by atoms with Crippen molar-refractivity contribution in [2.24, 2.45) is 12.5 Å². The van der Waals surface area contributed by atoms with Gasteiger partial charge in [0, 0.05) is 18.8 Å². The predicted molar refractivity (Wildman–Crippen MR) is 70.1 cm³/mol. The van der Waals surface area contributed by atoms with Crippen LogP contribution in [0, 0.1) is 16.7 Å². The number of aryl methyl sites for hydroxylation is 1. The van der Waals surface area contributed by atoms with Crippen LogP contribution in [-0.4, -0.2) is 14.9 Å². The summed E-state index contributed by atoms with van der Waals surface area (Å²) in [6.07, 6.45) is 3.78. The molecule has 19 heavy (non-hydrogen) atoms. The molecule has 3 rings (SSSR count). The first kappa shape index (κ1) is 11.9. The van der Waals surface area contributed by atoms with Gasteiger partial charge in [-0.05, 0) is 24.0 Å². The summed E-state index contributed by atoms with van der Waals surface area (Å²) in [5.74, 6) is 0. The van der Waals surface area contributed by atoms with Gasteiger partial charge in [0.05, 0.1) is 17.7 Å². The van der Waals surface area contributed by atoms with Gasteiger partial charge in [-0.1, -0.05) is 24.3 Å². The Morgan fingerprint density at radius 1 is 1.37 bits per heavy atom. The zero-order chi connectivity index (χ0) is 13.5. The highest BCUT2D eigenvalue weighted by Gasteiger charge is 2.44. The van der Waals surface area contributed by atoms with Crippen LogP contribution in [0.3, 0.4) is 0 Å². The molecule has 0 aliphatic heterocycles. The lowest BCUT2D eigenvalue weighted by molar-refractivity contribution is 0.0693. The predicted octanol–water partition coefficient (Wildman–Crippen LogP) is 1.76. The van der Waals surface area contributed by atoms with E-state index in [0.29, 0.717) is 18.4 Å². The Hall–Kier alpha value is -2.12. The Kier molecular flexibility index (Phi) is 2.65. The van der Waals surface area contributed by atoms with E-state index in [4.69, 9.17) is 0 Å². The van der Waals surface area contributed by atoms with Gasteiger partial charge < -0.3 is 5.11 Å². The van der Waals surface area contributed by atoms with Gasteiger partial charge in [0.15, 0.2) is 0 Å². The number of hydrogen-bond acceptors (Lipinski definition) is 3. The molecule has 0 saturated carbocycles. The third-order valence-electron chi connectivity index (χ3n) is 3.92. The van der Waals surface area contributed by atoms with E-state index >= 15 is 0 Å². The monoisotopic (exact) mass is 253 g/mol. The van der Waals surface area contributed by atoms with Crippen LogP contribution in [-0.2, 0) is 19.9 Å². The van der Waals surface area contributed by atoms with Crippen LogP contribution in [0.2, 0.25) is 0 Å². The molecule has 1 aromatic heterocycles. The van der Waals surface area contributed by atoms with Crippen LogP contribution >= 0.6 is 0 Å². The maximum absolute atomic E-state index is 10.6. The number of hydrogen-bond donors (Lipinski definition) is 1. The van der Waals surface area contributed by atoms with Gasteiger partial charge in [0.1, 0.15) is 6.10 Å². The Labute approximate surface area is 111 Å². The van der Waals surface area contributed by atoms with Crippen molar-refractivity contribution in [1.82, 2.24) is 9.78 Å². The number of nitriles is 1. The fourth-order valence-corrected chi connectivity index (χ4v) is 2.88. The van der Waals surface area contributed by atoms with E-state index in [9.17, 15) is 10.4 Å². The summed E-state index contributed by atoms with van der Waals surface area (Å²) >= 11 is 0. The highest BCUT2D eigenvalue weighted by Crippen LogP contribution is 2.45. The summed E-state index contributed by atoms with van der Waals surface area (Å²) in [7, 11) is 1.80. The Morgan fingerprint density at radius 2 is 2.00 bits per heavy atom. The molecule has 0 bridgehead atoms. The first-order valence-electron chi connectivity index (χ1n) is 6.29. The molecule has 4 nitrogen and oxygen atoms in total. The highest BCUT2D eigenvalue weighted by molar-refractivity contribution is 5.39. The van der Waals surface area contributed by atoms with Crippen LogP contribution in [0.15, 0.2) is 36.7 Å². The third kappa shape index (κ3) is 1.83. The highest BCUT2D eigenvalue weighted by atomic mass is 16.3. The van der Waals surface area contributed by atoms with Crippen molar-refractivity contribution < 1.29 is 5.11 Å². The molecule has 1 unspecified atom stereocenters. The maximum Gasteiger partial charge on any atom is 0.101 e. The molecule has 1 N–H and O–H groups in total. The molecule has 0 fully saturated rings. The van der Waals surface area contributed by atoms with E-state index < -0.39 is 11.5 Å². The molecule has 1 aromatic carbocycles. The number of nitrogens with zero attached hydrogens (tertiary/aromatic N) is 3. The number of benzene rings is 1. The molecule has 0 saturated heterocycles. The quantitative estimate of drug-likeness (QED) is 0.887. The van der Waals surface area contributed by atoms with Gasteiger partial charge in [-0.15, -0.1) is 0 Å². The first-order chi connectivity index (χ1) is 9.14. The van der Waals surface area contributed by atoms with E-state index in [-0.39, 0.29) is 0 Å². The SMILES string of the molecule is Cn1cc(C(O)C2(C#N)Cc3ccccc3C2)cn1. The number of rotatable bonds is 2. The van der Waals surface area contributed by atoms with E-state index in [1.165, 1.54) is 0 Å². The minimum absolute atomic E-state index is 0.593. The Balaban J connectivity index is 1.97. The smallest absolute Gasteiger partial charge is 0.101 e. The molecule has 4 heteroatoms. The van der Waals surface area contributed by atoms with Crippen molar-refractivity contribution in [2.45, 2.75) is 18.9 Å². The third-order valence-corrected chi connectivity index (χ3v) is 3.92. The Bertz CT molecular complexity index is 628. The second kappa shape index (κ2) is 4.22. The van der Waals surface area contributed by atoms with Crippen molar-refractivity contribution in [3.63, 3.8) is 0 Å². The standard InChI is InChI=1S/C15H15N3O/c1-18-9-13(8-17-18)14(19)15(10-16)6-11-4-2-3-5-12(11)7-15/h2-5,8-9,14,19H,6-7H2,1H3. The van der Waals surface area contributed by atoms with Crippen molar-refractivity contribution >= 4 is 0 Å². The first-order valence-corrected chi connectivity index (χ1v) is 6.29. The average Bonchev–Trinajstić information content (AvgIpc) is 3.01. The fraction of sp³-hybridized carbons (Fsp3) is 0.333. The van der Waals surface area contributed by atoms with E-state index in [2.05, 4.69) is 11.2 Å². The topological polar surface area (TPSA) is 61.8 Å². The van der Waals surface area contributed by atoms with Crippen molar-refractivity contribution in [1.29, 1.82) is 5.26 Å². The van der Waals surface area contributed by atoms with Gasteiger partial charge in [0.25, 0.3) is 0 Å². The van der Waals surface area contributed by atoms with Gasteiger partial charge in [0.2, 0.25) is 0 Å². The van der Waals surface area contributed by atoms with E-state index in [1.54, 1.807) is 24.1 Å². The minimum Gasteiger partial charge on any atom is -0.387 e. The maximum atomic E-state index is 10.6. The van der Waals surface area contributed by atoms with Crippen molar-refractivity contribution in [3.8, 4) is 6.07 Å². The molecule has 0 spiro atoms. The lowest BCUT2D eigenvalue weighted by Crippen LogP contribution is -2.28. The molecule has 1 heterocycles. The summed E-state index contributed by atoms with van der Waals surface area (Å²) in [6.45, 7) is 0. The summed E-state index contributed by atoms with van der Waals surface area (Å²) in [5, 5.41) is 24.2. The van der Waals surface area contributed by atoms with Crippen molar-refractivity contribution in [2.75, 3.05) is 0 Å². The van der Waals surface area contributed by atoms with Gasteiger partial charge in [-0.25, -0.2) is 0 Å². The summed E-state index contributed by atoms with van der Waals surface area (Å²) in [5.41, 5.74) is 2.25. The fourth-order valence-electron chi connectivity index (χ4n) is 2.88. The summed E-state index contributed by atoms with van der Waals surface area (Å²) in [4.78, 5) is 0. The number of aliphatic hydroxyl groups excluding tert-OH is 1. The lowest BCUT2D eigenvalue weighted by atomic mass is 9.78. The average molecular weight is 253 g/mol. The van der Waals surface area contributed by atoms with Crippen LogP contribution in [0.4, 0.5) is 0 Å². The summed E-state index contributed by atoms with van der Waals surface area (Å²) < 4.78 is 1.64. The molecule has 0 amide bonds. The largest absolute Gasteiger partial charge is 0.387 e. The number of fused-ring (bicyclic) bond motifs is 1. The van der Waals surface area contributed by atoms with E-state index in [1.807, 2.05) is 24.3 Å². The normalized spacial score (nSPS) is 17.7. The molecule has 1 aliphatic rings.